The largest absolute Gasteiger partial charge is 0.353 e. The van der Waals surface area contributed by atoms with E-state index in [9.17, 15) is 14.5 Å². The van der Waals surface area contributed by atoms with Gasteiger partial charge in [-0.3, -0.25) is 10.1 Å². The molecule has 0 spiro atoms. The van der Waals surface area contributed by atoms with E-state index < -0.39 is 10.7 Å². The van der Waals surface area contributed by atoms with E-state index >= 15 is 0 Å². The zero-order valence-corrected chi connectivity index (χ0v) is 17.1. The van der Waals surface area contributed by atoms with Gasteiger partial charge in [0.1, 0.15) is 12.1 Å². The minimum atomic E-state index is -0.540. The first-order chi connectivity index (χ1) is 15.6. The average Bonchev–Trinajstić information content (AvgIpc) is 2.81. The Morgan fingerprint density at radius 1 is 0.844 bits per heavy atom. The Morgan fingerprint density at radius 2 is 1.41 bits per heavy atom. The van der Waals surface area contributed by atoms with E-state index in [1.165, 1.54) is 18.5 Å². The van der Waals surface area contributed by atoms with Crippen LogP contribution in [0, 0.1) is 15.9 Å². The zero-order valence-electron chi connectivity index (χ0n) is 17.1. The lowest BCUT2D eigenvalue weighted by Gasteiger charge is -2.24. The highest BCUT2D eigenvalue weighted by molar-refractivity contribution is 5.74. The maximum absolute atomic E-state index is 14.2. The summed E-state index contributed by atoms with van der Waals surface area (Å²) < 4.78 is 14.2. The molecule has 0 amide bonds. The molecule has 0 fully saturated rings. The Morgan fingerprint density at radius 3 is 1.97 bits per heavy atom. The number of anilines is 3. The van der Waals surface area contributed by atoms with Gasteiger partial charge >= 0.3 is 5.69 Å². The highest BCUT2D eigenvalue weighted by atomic mass is 19.1. The van der Waals surface area contributed by atoms with Crippen LogP contribution in [0.5, 0.6) is 0 Å². The second-order valence-corrected chi connectivity index (χ2v) is 7.08. The average molecular weight is 429 g/mol. The van der Waals surface area contributed by atoms with Gasteiger partial charge in [-0.15, -0.1) is 0 Å². The number of aromatic nitrogens is 2. The quantitative estimate of drug-likeness (QED) is 0.295. The van der Waals surface area contributed by atoms with Gasteiger partial charge in [-0.1, -0.05) is 72.8 Å². The summed E-state index contributed by atoms with van der Waals surface area (Å²) in [4.78, 5) is 21.7. The molecule has 3 aromatic carbocycles. The number of halogens is 1. The molecule has 0 aliphatic carbocycles. The first-order valence-electron chi connectivity index (χ1n) is 9.95. The van der Waals surface area contributed by atoms with Gasteiger partial charge in [-0.2, -0.15) is 0 Å². The second-order valence-electron chi connectivity index (χ2n) is 7.08. The van der Waals surface area contributed by atoms with E-state index in [1.807, 2.05) is 65.6 Å². The van der Waals surface area contributed by atoms with Crippen molar-refractivity contribution in [2.45, 2.75) is 13.1 Å². The number of nitrogens with zero attached hydrogens (tertiary/aromatic N) is 4. The van der Waals surface area contributed by atoms with Crippen molar-refractivity contribution in [3.63, 3.8) is 0 Å². The van der Waals surface area contributed by atoms with Crippen molar-refractivity contribution < 1.29 is 9.31 Å². The molecule has 0 saturated carbocycles. The van der Waals surface area contributed by atoms with Crippen LogP contribution in [-0.4, -0.2) is 14.9 Å². The topological polar surface area (TPSA) is 84.2 Å². The van der Waals surface area contributed by atoms with Gasteiger partial charge in [0.15, 0.2) is 0 Å². The molecule has 160 valence electrons. The molecule has 0 aliphatic heterocycles. The molecule has 4 rings (SSSR count). The molecule has 1 aromatic heterocycles. The van der Waals surface area contributed by atoms with Crippen molar-refractivity contribution >= 4 is 23.0 Å². The molecule has 0 bridgehead atoms. The molecule has 32 heavy (non-hydrogen) atoms. The van der Waals surface area contributed by atoms with E-state index in [-0.39, 0.29) is 23.0 Å². The fourth-order valence-electron chi connectivity index (χ4n) is 3.36. The lowest BCUT2D eigenvalue weighted by molar-refractivity contribution is -0.383. The van der Waals surface area contributed by atoms with E-state index in [1.54, 1.807) is 12.1 Å². The van der Waals surface area contributed by atoms with Crippen molar-refractivity contribution in [2.24, 2.45) is 0 Å². The van der Waals surface area contributed by atoms with Crippen molar-refractivity contribution in [2.75, 3.05) is 10.2 Å². The lowest BCUT2D eigenvalue weighted by Crippen LogP contribution is -2.24. The van der Waals surface area contributed by atoms with E-state index in [0.29, 0.717) is 13.1 Å². The van der Waals surface area contributed by atoms with E-state index in [4.69, 9.17) is 0 Å². The fraction of sp³-hybridized carbons (Fsp3) is 0.0833. The smallest absolute Gasteiger partial charge is 0.342 e. The SMILES string of the molecule is O=[N+]([O-])c1c(Nc2ccccc2F)ncnc1N(Cc1ccccc1)Cc1ccccc1. The standard InChI is InChI=1S/C24H20FN5O2/c25-20-13-7-8-14-21(20)28-23-22(30(31)32)24(27-17-26-23)29(15-18-9-3-1-4-10-18)16-19-11-5-2-6-12-19/h1-14,17H,15-16H2,(H,26,27,28). The molecular formula is C24H20FN5O2. The van der Waals surface area contributed by atoms with E-state index in [2.05, 4.69) is 15.3 Å². The molecule has 1 heterocycles. The number of nitrogens with one attached hydrogen (secondary N) is 1. The van der Waals surface area contributed by atoms with Crippen LogP contribution in [-0.2, 0) is 13.1 Å². The van der Waals surface area contributed by atoms with Crippen molar-refractivity contribution in [3.05, 3.63) is 118 Å². The van der Waals surface area contributed by atoms with Crippen LogP contribution in [0.3, 0.4) is 0 Å². The minimum Gasteiger partial charge on any atom is -0.342 e. The van der Waals surface area contributed by atoms with Crippen molar-refractivity contribution in [1.82, 2.24) is 9.97 Å². The van der Waals surface area contributed by atoms with Gasteiger partial charge in [0, 0.05) is 13.1 Å². The molecule has 0 unspecified atom stereocenters. The first kappa shape index (κ1) is 20.9. The highest BCUT2D eigenvalue weighted by Gasteiger charge is 2.28. The van der Waals surface area contributed by atoms with Gasteiger partial charge in [0.05, 0.1) is 10.6 Å². The number of hydrogen-bond donors (Lipinski definition) is 1. The van der Waals surface area contributed by atoms with Crippen LogP contribution < -0.4 is 10.2 Å². The van der Waals surface area contributed by atoms with Crippen molar-refractivity contribution in [3.8, 4) is 0 Å². The number of hydrogen-bond acceptors (Lipinski definition) is 6. The Labute approximate surface area is 184 Å². The van der Waals surface area contributed by atoms with Gasteiger partial charge in [-0.05, 0) is 23.3 Å². The summed E-state index contributed by atoms with van der Waals surface area (Å²) in [5.41, 5.74) is 1.72. The summed E-state index contributed by atoms with van der Waals surface area (Å²) in [6.45, 7) is 0.791. The van der Waals surface area contributed by atoms with Crippen LogP contribution in [0.2, 0.25) is 0 Å². The molecule has 0 atom stereocenters. The monoisotopic (exact) mass is 429 g/mol. The number of nitro groups is 1. The van der Waals surface area contributed by atoms with Crippen LogP contribution in [0.1, 0.15) is 11.1 Å². The summed E-state index contributed by atoms with van der Waals surface area (Å²) in [6.07, 6.45) is 1.24. The predicted molar refractivity (Wildman–Crippen MR) is 121 cm³/mol. The summed E-state index contributed by atoms with van der Waals surface area (Å²) in [5.74, 6) is -0.458. The normalized spacial score (nSPS) is 10.5. The molecular weight excluding hydrogens is 409 g/mol. The molecule has 0 aliphatic rings. The third-order valence-electron chi connectivity index (χ3n) is 4.84. The first-order valence-corrected chi connectivity index (χ1v) is 9.95. The third kappa shape index (κ3) is 4.86. The van der Waals surface area contributed by atoms with Gasteiger partial charge < -0.3 is 10.2 Å². The Bertz CT molecular complexity index is 1160. The molecule has 4 aromatic rings. The second kappa shape index (κ2) is 9.65. The summed E-state index contributed by atoms with van der Waals surface area (Å²) >= 11 is 0. The van der Waals surface area contributed by atoms with Crippen LogP contribution in [0.25, 0.3) is 0 Å². The minimum absolute atomic E-state index is 0.0729. The molecule has 0 radical (unpaired) electrons. The predicted octanol–water partition coefficient (Wildman–Crippen LogP) is 5.47. The lowest BCUT2D eigenvalue weighted by atomic mass is 10.1. The van der Waals surface area contributed by atoms with Crippen LogP contribution in [0.4, 0.5) is 27.4 Å². The van der Waals surface area contributed by atoms with Crippen LogP contribution >= 0.6 is 0 Å². The molecule has 1 N–H and O–H groups in total. The fourth-order valence-corrected chi connectivity index (χ4v) is 3.36. The highest BCUT2D eigenvalue weighted by Crippen LogP contribution is 2.35. The number of benzene rings is 3. The van der Waals surface area contributed by atoms with Crippen molar-refractivity contribution in [1.29, 1.82) is 0 Å². The molecule has 8 heteroatoms. The maximum Gasteiger partial charge on any atom is 0.353 e. The molecule has 7 nitrogen and oxygen atoms in total. The van der Waals surface area contributed by atoms with Gasteiger partial charge in [-0.25, -0.2) is 14.4 Å². The maximum atomic E-state index is 14.2. The summed E-state index contributed by atoms with van der Waals surface area (Å²) in [5, 5.41) is 14.8. The summed E-state index contributed by atoms with van der Waals surface area (Å²) in [7, 11) is 0. The number of rotatable bonds is 8. The van der Waals surface area contributed by atoms with Gasteiger partial charge in [0.25, 0.3) is 0 Å². The Kier molecular flexibility index (Phi) is 6.31. The number of para-hydroxylation sites is 1. The van der Waals surface area contributed by atoms with E-state index in [0.717, 1.165) is 11.1 Å². The third-order valence-corrected chi connectivity index (χ3v) is 4.84. The Hall–Kier alpha value is -4.33. The van der Waals surface area contributed by atoms with Gasteiger partial charge in [0.2, 0.25) is 11.6 Å². The summed E-state index contributed by atoms with van der Waals surface area (Å²) in [6, 6.07) is 25.2. The van der Waals surface area contributed by atoms with Crippen LogP contribution in [0.15, 0.2) is 91.3 Å². The zero-order chi connectivity index (χ0) is 22.3. The molecule has 0 saturated heterocycles. The Balaban J connectivity index is 1.77.